The molecule has 0 heterocycles. The third-order valence-electron chi connectivity index (χ3n) is 7.19. The van der Waals surface area contributed by atoms with E-state index in [0.717, 1.165) is 5.92 Å². The highest BCUT2D eigenvalue weighted by Gasteiger charge is 1.96. The van der Waals surface area contributed by atoms with Gasteiger partial charge in [0.05, 0.1) is 0 Å². The zero-order valence-corrected chi connectivity index (χ0v) is 24.2. The first-order chi connectivity index (χ1) is 16.8. The molecule has 0 aromatic rings. The van der Waals surface area contributed by atoms with Crippen molar-refractivity contribution in [1.82, 2.24) is 0 Å². The van der Waals surface area contributed by atoms with Crippen LogP contribution in [-0.2, 0) is 0 Å². The molecular weight excluding hydrogens is 408 g/mol. The summed E-state index contributed by atoms with van der Waals surface area (Å²) in [6.07, 6.45) is 47.0. The van der Waals surface area contributed by atoms with Crippen LogP contribution in [-0.4, -0.2) is 0 Å². The summed E-state index contributed by atoms with van der Waals surface area (Å²) in [6.45, 7) is 6.98. The van der Waals surface area contributed by atoms with E-state index in [-0.39, 0.29) is 0 Å². The van der Waals surface area contributed by atoms with Gasteiger partial charge in [-0.3, -0.25) is 0 Å². The molecule has 0 fully saturated rings. The van der Waals surface area contributed by atoms with Crippen molar-refractivity contribution >= 4 is 0 Å². The third-order valence-corrected chi connectivity index (χ3v) is 7.19. The Labute approximate surface area is 217 Å². The predicted molar refractivity (Wildman–Crippen MR) is 158 cm³/mol. The Hall–Kier alpha value is -0.520. The van der Waals surface area contributed by atoms with Gasteiger partial charge in [0.1, 0.15) is 0 Å². The smallest absolute Gasteiger partial charge is 0.0230 e. The van der Waals surface area contributed by atoms with Crippen molar-refractivity contribution in [3.05, 3.63) is 24.3 Å². The molecule has 0 nitrogen and oxygen atoms in total. The quantitative estimate of drug-likeness (QED) is 0.0782. The van der Waals surface area contributed by atoms with Crippen LogP contribution in [0.1, 0.15) is 188 Å². The lowest BCUT2D eigenvalue weighted by atomic mass is 10.0. The van der Waals surface area contributed by atoms with Crippen molar-refractivity contribution in [3.8, 4) is 0 Å². The van der Waals surface area contributed by atoms with Gasteiger partial charge in [0.15, 0.2) is 0 Å². The number of hydrogen-bond donors (Lipinski definition) is 0. The molecule has 0 rings (SSSR count). The number of allylic oxidation sites excluding steroid dienone is 4. The average molecular weight is 474 g/mol. The molecule has 0 unspecified atom stereocenters. The van der Waals surface area contributed by atoms with E-state index in [9.17, 15) is 0 Å². The topological polar surface area (TPSA) is 0 Å². The first kappa shape index (κ1) is 33.5. The molecule has 0 N–H and O–H groups in total. The maximum Gasteiger partial charge on any atom is -0.0230 e. The second-order valence-electron chi connectivity index (χ2n) is 11.3. The van der Waals surface area contributed by atoms with Crippen LogP contribution in [0.2, 0.25) is 0 Å². The lowest BCUT2D eigenvalue weighted by Gasteiger charge is -2.04. The highest BCUT2D eigenvalue weighted by Crippen LogP contribution is 2.15. The zero-order valence-electron chi connectivity index (χ0n) is 24.2. The van der Waals surface area contributed by atoms with Crippen LogP contribution in [0, 0.1) is 12.0 Å². The molecule has 0 aliphatic carbocycles. The SMILES string of the molecule is CCCCCCCCCCCCCCC/C=[C]/C=CCCCCCCCCCCCCC(C)C. The lowest BCUT2D eigenvalue weighted by molar-refractivity contribution is 0.505. The highest BCUT2D eigenvalue weighted by atomic mass is 14.0. The molecule has 0 saturated heterocycles. The molecule has 0 aliphatic heterocycles. The summed E-state index contributed by atoms with van der Waals surface area (Å²) < 4.78 is 0. The molecule has 0 heteroatoms. The van der Waals surface area contributed by atoms with E-state index >= 15 is 0 Å². The number of hydrogen-bond acceptors (Lipinski definition) is 0. The zero-order chi connectivity index (χ0) is 24.8. The van der Waals surface area contributed by atoms with Crippen LogP contribution in [0.25, 0.3) is 0 Å². The van der Waals surface area contributed by atoms with Gasteiger partial charge in [0.25, 0.3) is 0 Å². The first-order valence-corrected chi connectivity index (χ1v) is 16.0. The first-order valence-electron chi connectivity index (χ1n) is 16.0. The summed E-state index contributed by atoms with van der Waals surface area (Å²) in [5, 5.41) is 0. The van der Waals surface area contributed by atoms with Crippen molar-refractivity contribution in [3.63, 3.8) is 0 Å². The van der Waals surface area contributed by atoms with E-state index in [1.54, 1.807) is 0 Å². The molecule has 0 spiro atoms. The molecule has 201 valence electrons. The van der Waals surface area contributed by atoms with Crippen molar-refractivity contribution in [2.75, 3.05) is 0 Å². The third kappa shape index (κ3) is 31.5. The fourth-order valence-electron chi connectivity index (χ4n) is 4.80. The average Bonchev–Trinajstić information content (AvgIpc) is 2.83. The molecule has 0 aliphatic rings. The number of rotatable bonds is 28. The van der Waals surface area contributed by atoms with Gasteiger partial charge in [0.2, 0.25) is 0 Å². The highest BCUT2D eigenvalue weighted by molar-refractivity contribution is 4.94. The van der Waals surface area contributed by atoms with E-state index in [0.29, 0.717) is 0 Å². The van der Waals surface area contributed by atoms with Gasteiger partial charge in [-0.1, -0.05) is 180 Å². The van der Waals surface area contributed by atoms with Crippen LogP contribution in [0.5, 0.6) is 0 Å². The Morgan fingerprint density at radius 3 is 1.29 bits per heavy atom. The second kappa shape index (κ2) is 30.5. The van der Waals surface area contributed by atoms with Gasteiger partial charge in [-0.2, -0.15) is 0 Å². The number of unbranched alkanes of at least 4 members (excludes halogenated alkanes) is 23. The molecular formula is C34H65. The predicted octanol–water partition coefficient (Wildman–Crippen LogP) is 12.7. The Morgan fingerprint density at radius 2 is 0.853 bits per heavy atom. The van der Waals surface area contributed by atoms with Crippen molar-refractivity contribution in [1.29, 1.82) is 0 Å². The monoisotopic (exact) mass is 474 g/mol. The molecule has 0 amide bonds. The minimum atomic E-state index is 0.887. The normalized spacial score (nSPS) is 12.1. The van der Waals surface area contributed by atoms with Crippen LogP contribution >= 0.6 is 0 Å². The molecule has 34 heavy (non-hydrogen) atoms. The van der Waals surface area contributed by atoms with Gasteiger partial charge in [-0.15, -0.1) is 0 Å². The Bertz CT molecular complexity index is 402. The summed E-state index contributed by atoms with van der Waals surface area (Å²) in [4.78, 5) is 0. The van der Waals surface area contributed by atoms with E-state index in [1.807, 2.05) is 0 Å². The molecule has 1 radical (unpaired) electrons. The van der Waals surface area contributed by atoms with Gasteiger partial charge in [0, 0.05) is 0 Å². The van der Waals surface area contributed by atoms with Crippen LogP contribution < -0.4 is 0 Å². The van der Waals surface area contributed by atoms with E-state index in [2.05, 4.69) is 45.1 Å². The van der Waals surface area contributed by atoms with Gasteiger partial charge in [-0.05, 0) is 37.7 Å². The van der Waals surface area contributed by atoms with Gasteiger partial charge >= 0.3 is 0 Å². The van der Waals surface area contributed by atoms with Gasteiger partial charge in [-0.25, -0.2) is 0 Å². The maximum absolute atomic E-state index is 3.37. The van der Waals surface area contributed by atoms with E-state index < -0.39 is 0 Å². The summed E-state index contributed by atoms with van der Waals surface area (Å²) in [5.74, 6) is 0.887. The molecule has 0 saturated carbocycles. The summed E-state index contributed by atoms with van der Waals surface area (Å²) in [5.41, 5.74) is 0. The minimum absolute atomic E-state index is 0.887. The summed E-state index contributed by atoms with van der Waals surface area (Å²) in [7, 11) is 0. The minimum Gasteiger partial charge on any atom is -0.0839 e. The Morgan fingerprint density at radius 1 is 0.471 bits per heavy atom. The molecule has 0 bridgehead atoms. The maximum atomic E-state index is 3.37. The molecule has 0 aromatic heterocycles. The standard InChI is InChI=1S/C34H65/c1-4-5-6-7-8-9-10-11-12-13-14-15-16-17-18-19-20-21-22-23-24-25-26-27-28-29-30-31-32-33-34(2)3/h18,20-21,34H,4-17,22-33H2,1-3H3. The molecule has 0 aromatic carbocycles. The molecule has 0 atom stereocenters. The Balaban J connectivity index is 3.16. The summed E-state index contributed by atoms with van der Waals surface area (Å²) >= 11 is 0. The van der Waals surface area contributed by atoms with E-state index in [4.69, 9.17) is 0 Å². The van der Waals surface area contributed by atoms with Crippen LogP contribution in [0.3, 0.4) is 0 Å². The van der Waals surface area contributed by atoms with Crippen molar-refractivity contribution in [2.24, 2.45) is 5.92 Å². The van der Waals surface area contributed by atoms with Gasteiger partial charge < -0.3 is 0 Å². The van der Waals surface area contributed by atoms with Crippen LogP contribution in [0.15, 0.2) is 18.2 Å². The summed E-state index contributed by atoms with van der Waals surface area (Å²) in [6, 6.07) is 0. The second-order valence-corrected chi connectivity index (χ2v) is 11.3. The lowest BCUT2D eigenvalue weighted by Crippen LogP contribution is -1.87. The fourth-order valence-corrected chi connectivity index (χ4v) is 4.80. The Kier molecular flexibility index (Phi) is 30.0. The van der Waals surface area contributed by atoms with Crippen molar-refractivity contribution in [2.45, 2.75) is 188 Å². The fraction of sp³-hybridized carbons (Fsp3) is 0.882. The van der Waals surface area contributed by atoms with Crippen LogP contribution in [0.4, 0.5) is 0 Å². The largest absolute Gasteiger partial charge is 0.0839 e. The van der Waals surface area contributed by atoms with E-state index in [1.165, 1.54) is 167 Å². The van der Waals surface area contributed by atoms with Crippen molar-refractivity contribution < 1.29 is 0 Å².